The molecule has 0 unspecified atom stereocenters. The topological polar surface area (TPSA) is 55.8 Å². The average molecular weight is 236 g/mol. The minimum Gasteiger partial charge on any atom is -0.486 e. The number of hydrogen-bond acceptors (Lipinski definition) is 3. The first-order valence-electron chi connectivity index (χ1n) is 5.84. The molecule has 0 fully saturated rings. The third-order valence-electron chi connectivity index (χ3n) is 2.85. The van der Waals surface area contributed by atoms with Crippen LogP contribution in [-0.4, -0.2) is 24.3 Å². The van der Waals surface area contributed by atoms with Crippen LogP contribution in [0.15, 0.2) is 12.1 Å². The molecule has 0 aliphatic carbocycles. The van der Waals surface area contributed by atoms with Gasteiger partial charge in [0, 0.05) is 6.42 Å². The minimum absolute atomic E-state index is 0.145. The van der Waals surface area contributed by atoms with E-state index in [9.17, 15) is 4.79 Å². The minimum atomic E-state index is -0.776. The molecule has 0 spiro atoms. The van der Waals surface area contributed by atoms with Gasteiger partial charge in [-0.15, -0.1) is 0 Å². The zero-order chi connectivity index (χ0) is 12.3. The zero-order valence-corrected chi connectivity index (χ0v) is 9.86. The molecule has 4 heteroatoms. The predicted octanol–water partition coefficient (Wildman–Crippen LogP) is 2.04. The normalized spacial score (nSPS) is 13.5. The van der Waals surface area contributed by atoms with E-state index in [1.807, 2.05) is 12.1 Å². The number of ether oxygens (including phenoxy) is 2. The second-order valence-corrected chi connectivity index (χ2v) is 4.01. The van der Waals surface area contributed by atoms with Crippen molar-refractivity contribution in [1.29, 1.82) is 0 Å². The molecule has 0 radical (unpaired) electrons. The molecule has 0 saturated carbocycles. The summed E-state index contributed by atoms with van der Waals surface area (Å²) in [4.78, 5) is 10.6. The second kappa shape index (κ2) is 5.08. The summed E-state index contributed by atoms with van der Waals surface area (Å²) in [6, 6.07) is 3.88. The summed E-state index contributed by atoms with van der Waals surface area (Å²) in [6.07, 6.45) is 1.55. The molecule has 1 heterocycles. The van der Waals surface area contributed by atoms with E-state index in [-0.39, 0.29) is 6.42 Å². The first kappa shape index (κ1) is 11.8. The molecule has 92 valence electrons. The maximum atomic E-state index is 10.6. The largest absolute Gasteiger partial charge is 0.486 e. The summed E-state index contributed by atoms with van der Waals surface area (Å²) in [5.41, 5.74) is 2.18. The van der Waals surface area contributed by atoms with Crippen LogP contribution in [0.1, 0.15) is 24.5 Å². The van der Waals surface area contributed by atoms with Crippen molar-refractivity contribution in [3.8, 4) is 11.5 Å². The highest BCUT2D eigenvalue weighted by molar-refractivity contribution is 5.67. The Labute approximate surface area is 100 Å². The molecule has 4 nitrogen and oxygen atoms in total. The van der Waals surface area contributed by atoms with Crippen LogP contribution in [0.25, 0.3) is 0 Å². The smallest absolute Gasteiger partial charge is 0.303 e. The van der Waals surface area contributed by atoms with Gasteiger partial charge in [0.25, 0.3) is 0 Å². The highest BCUT2D eigenvalue weighted by Gasteiger charge is 2.15. The zero-order valence-electron chi connectivity index (χ0n) is 9.86. The number of aliphatic carboxylic acids is 1. The highest BCUT2D eigenvalue weighted by Crippen LogP contribution is 2.33. The average Bonchev–Trinajstić information content (AvgIpc) is 2.35. The fourth-order valence-corrected chi connectivity index (χ4v) is 1.98. The number of rotatable bonds is 4. The van der Waals surface area contributed by atoms with Gasteiger partial charge in [0.2, 0.25) is 0 Å². The number of carboxylic acids is 1. The molecule has 1 aromatic rings. The van der Waals surface area contributed by atoms with E-state index in [0.29, 0.717) is 19.6 Å². The van der Waals surface area contributed by atoms with Crippen LogP contribution in [-0.2, 0) is 17.6 Å². The van der Waals surface area contributed by atoms with Crippen molar-refractivity contribution in [1.82, 2.24) is 0 Å². The highest BCUT2D eigenvalue weighted by atomic mass is 16.6. The monoisotopic (exact) mass is 236 g/mol. The van der Waals surface area contributed by atoms with Gasteiger partial charge in [-0.1, -0.05) is 6.92 Å². The Hall–Kier alpha value is -1.71. The van der Waals surface area contributed by atoms with Crippen LogP contribution in [0, 0.1) is 0 Å². The molecule has 2 rings (SSSR count). The van der Waals surface area contributed by atoms with E-state index in [1.54, 1.807) is 0 Å². The van der Waals surface area contributed by atoms with Gasteiger partial charge >= 0.3 is 5.97 Å². The molecule has 0 saturated heterocycles. The van der Waals surface area contributed by atoms with Crippen molar-refractivity contribution in [3.63, 3.8) is 0 Å². The Morgan fingerprint density at radius 3 is 2.35 bits per heavy atom. The van der Waals surface area contributed by atoms with Crippen molar-refractivity contribution < 1.29 is 19.4 Å². The molecule has 0 atom stereocenters. The fourth-order valence-electron chi connectivity index (χ4n) is 1.98. The standard InChI is InChI=1S/C13H16O4/c1-2-9-7-11-12(17-6-5-16-11)8-10(9)3-4-13(14)15/h7-8H,2-6H2,1H3,(H,14,15). The number of carboxylic acid groups (broad SMARTS) is 1. The third kappa shape index (κ3) is 2.70. The SMILES string of the molecule is CCc1cc2c(cc1CCC(=O)O)OCCO2. The molecular formula is C13H16O4. The summed E-state index contributed by atoms with van der Waals surface area (Å²) in [6.45, 7) is 3.18. The van der Waals surface area contributed by atoms with Crippen molar-refractivity contribution >= 4 is 5.97 Å². The summed E-state index contributed by atoms with van der Waals surface area (Å²) >= 11 is 0. The van der Waals surface area contributed by atoms with Crippen LogP contribution < -0.4 is 9.47 Å². The van der Waals surface area contributed by atoms with E-state index in [0.717, 1.165) is 29.0 Å². The number of carbonyl (C=O) groups is 1. The lowest BCUT2D eigenvalue weighted by Gasteiger charge is -2.20. The van der Waals surface area contributed by atoms with Gasteiger partial charge < -0.3 is 14.6 Å². The van der Waals surface area contributed by atoms with Crippen LogP contribution in [0.5, 0.6) is 11.5 Å². The molecule has 1 N–H and O–H groups in total. The van der Waals surface area contributed by atoms with E-state index < -0.39 is 5.97 Å². The number of aryl methyl sites for hydroxylation is 2. The molecule has 1 aliphatic heterocycles. The fraction of sp³-hybridized carbons (Fsp3) is 0.462. The van der Waals surface area contributed by atoms with Crippen LogP contribution >= 0.6 is 0 Å². The lowest BCUT2D eigenvalue weighted by atomic mass is 10.00. The molecular weight excluding hydrogens is 220 g/mol. The van der Waals surface area contributed by atoms with E-state index >= 15 is 0 Å². The lowest BCUT2D eigenvalue weighted by molar-refractivity contribution is -0.136. The van der Waals surface area contributed by atoms with Crippen LogP contribution in [0.4, 0.5) is 0 Å². The quantitative estimate of drug-likeness (QED) is 0.869. The van der Waals surface area contributed by atoms with Crippen LogP contribution in [0.2, 0.25) is 0 Å². The molecule has 1 aliphatic rings. The van der Waals surface area contributed by atoms with Gasteiger partial charge in [-0.3, -0.25) is 4.79 Å². The van der Waals surface area contributed by atoms with Crippen molar-refractivity contribution in [2.45, 2.75) is 26.2 Å². The van der Waals surface area contributed by atoms with Crippen molar-refractivity contribution in [2.24, 2.45) is 0 Å². The first-order valence-corrected chi connectivity index (χ1v) is 5.84. The van der Waals surface area contributed by atoms with Gasteiger partial charge in [0.05, 0.1) is 0 Å². The third-order valence-corrected chi connectivity index (χ3v) is 2.85. The van der Waals surface area contributed by atoms with Crippen LogP contribution in [0.3, 0.4) is 0 Å². The maximum absolute atomic E-state index is 10.6. The Balaban J connectivity index is 2.26. The van der Waals surface area contributed by atoms with Crippen molar-refractivity contribution in [2.75, 3.05) is 13.2 Å². The van der Waals surface area contributed by atoms with E-state index in [4.69, 9.17) is 14.6 Å². The molecule has 1 aromatic carbocycles. The van der Waals surface area contributed by atoms with E-state index in [2.05, 4.69) is 6.92 Å². The summed E-state index contributed by atoms with van der Waals surface area (Å²) in [5, 5.41) is 8.72. The van der Waals surface area contributed by atoms with E-state index in [1.165, 1.54) is 0 Å². The number of benzene rings is 1. The Morgan fingerprint density at radius 1 is 1.24 bits per heavy atom. The Kier molecular flexibility index (Phi) is 3.52. The lowest BCUT2D eigenvalue weighted by Crippen LogP contribution is -2.16. The van der Waals surface area contributed by atoms with Crippen molar-refractivity contribution in [3.05, 3.63) is 23.3 Å². The van der Waals surface area contributed by atoms with Gasteiger partial charge in [0.15, 0.2) is 11.5 Å². The maximum Gasteiger partial charge on any atom is 0.303 e. The predicted molar refractivity (Wildman–Crippen MR) is 62.8 cm³/mol. The molecule has 0 bridgehead atoms. The van der Waals surface area contributed by atoms with Gasteiger partial charge in [0.1, 0.15) is 13.2 Å². The summed E-state index contributed by atoms with van der Waals surface area (Å²) < 4.78 is 11.0. The number of hydrogen-bond donors (Lipinski definition) is 1. The summed E-state index contributed by atoms with van der Waals surface area (Å²) in [7, 11) is 0. The second-order valence-electron chi connectivity index (χ2n) is 4.01. The van der Waals surface area contributed by atoms with Gasteiger partial charge in [-0.25, -0.2) is 0 Å². The Morgan fingerprint density at radius 2 is 1.82 bits per heavy atom. The summed E-state index contributed by atoms with van der Waals surface area (Å²) in [5.74, 6) is 0.725. The first-order chi connectivity index (χ1) is 8.20. The number of fused-ring (bicyclic) bond motifs is 1. The molecule has 17 heavy (non-hydrogen) atoms. The molecule has 0 aromatic heterocycles. The van der Waals surface area contributed by atoms with Gasteiger partial charge in [-0.05, 0) is 36.1 Å². The molecule has 0 amide bonds. The Bertz CT molecular complexity index is 426. The van der Waals surface area contributed by atoms with Gasteiger partial charge in [-0.2, -0.15) is 0 Å².